The summed E-state index contributed by atoms with van der Waals surface area (Å²) in [4.78, 5) is 12.3. The number of nitrogens with one attached hydrogen (secondary N) is 1. The van der Waals surface area contributed by atoms with Gasteiger partial charge >= 0.3 is 0 Å². The number of aromatic nitrogens is 3. The Morgan fingerprint density at radius 3 is 2.50 bits per heavy atom. The quantitative estimate of drug-likeness (QED) is 0.732. The van der Waals surface area contributed by atoms with Gasteiger partial charge in [0.05, 0.1) is 12.7 Å². The summed E-state index contributed by atoms with van der Waals surface area (Å²) >= 11 is 0. The number of methoxy groups -OCH3 is 1. The maximum absolute atomic E-state index is 12.3. The molecule has 0 saturated carbocycles. The number of rotatable bonds is 6. The molecule has 136 valence electrons. The molecular formula is C19H22N4O3. The monoisotopic (exact) mass is 354 g/mol. The standard InChI is InChI=1S/C19H22N4O3/c1-12-5-6-13(2)23(12)10-9-18(24)20-15-7-8-17(25-4)16(11-15)19-22-21-14(3)26-19/h5-8,11H,9-10H2,1-4H3,(H,20,24). The summed E-state index contributed by atoms with van der Waals surface area (Å²) in [6.07, 6.45) is 0.386. The van der Waals surface area contributed by atoms with Crippen LogP contribution >= 0.6 is 0 Å². The van der Waals surface area contributed by atoms with Crippen molar-refractivity contribution in [2.75, 3.05) is 12.4 Å². The van der Waals surface area contributed by atoms with E-state index in [0.29, 0.717) is 41.7 Å². The first-order valence-corrected chi connectivity index (χ1v) is 8.39. The third-order valence-electron chi connectivity index (χ3n) is 4.22. The van der Waals surface area contributed by atoms with Crippen molar-refractivity contribution >= 4 is 11.6 Å². The van der Waals surface area contributed by atoms with Crippen LogP contribution in [0.1, 0.15) is 23.7 Å². The fourth-order valence-electron chi connectivity index (χ4n) is 2.85. The summed E-state index contributed by atoms with van der Waals surface area (Å²) in [5, 5.41) is 10.8. The molecule has 3 rings (SSSR count). The Kier molecular flexibility index (Phi) is 5.06. The second-order valence-electron chi connectivity index (χ2n) is 6.11. The second-order valence-corrected chi connectivity index (χ2v) is 6.11. The van der Waals surface area contributed by atoms with Crippen LogP contribution in [0, 0.1) is 20.8 Å². The Bertz CT molecular complexity index is 907. The minimum atomic E-state index is -0.0599. The number of aryl methyl sites for hydroxylation is 3. The Hall–Kier alpha value is -3.09. The van der Waals surface area contributed by atoms with Gasteiger partial charge < -0.3 is 19.0 Å². The molecule has 0 atom stereocenters. The van der Waals surface area contributed by atoms with Crippen molar-refractivity contribution in [3.05, 3.63) is 47.6 Å². The molecule has 0 saturated heterocycles. The number of anilines is 1. The van der Waals surface area contributed by atoms with Crippen molar-refractivity contribution in [2.24, 2.45) is 0 Å². The van der Waals surface area contributed by atoms with E-state index in [1.807, 2.05) is 13.8 Å². The largest absolute Gasteiger partial charge is 0.496 e. The molecule has 3 aromatic rings. The van der Waals surface area contributed by atoms with Crippen LogP contribution in [-0.2, 0) is 11.3 Å². The number of hydrogen-bond acceptors (Lipinski definition) is 5. The maximum atomic E-state index is 12.3. The van der Waals surface area contributed by atoms with E-state index in [1.165, 1.54) is 0 Å². The zero-order valence-electron chi connectivity index (χ0n) is 15.4. The minimum absolute atomic E-state index is 0.0599. The first kappa shape index (κ1) is 17.7. The molecule has 1 aromatic carbocycles. The van der Waals surface area contributed by atoms with Crippen molar-refractivity contribution in [3.8, 4) is 17.2 Å². The Morgan fingerprint density at radius 2 is 1.88 bits per heavy atom. The van der Waals surface area contributed by atoms with Crippen LogP contribution in [-0.4, -0.2) is 27.8 Å². The predicted molar refractivity (Wildman–Crippen MR) is 98.2 cm³/mol. The topological polar surface area (TPSA) is 82.2 Å². The van der Waals surface area contributed by atoms with E-state index < -0.39 is 0 Å². The first-order valence-electron chi connectivity index (χ1n) is 8.39. The predicted octanol–water partition coefficient (Wildman–Crippen LogP) is 3.50. The van der Waals surface area contributed by atoms with E-state index in [0.717, 1.165) is 11.4 Å². The summed E-state index contributed by atoms with van der Waals surface area (Å²) in [5.41, 5.74) is 3.59. The van der Waals surface area contributed by atoms with Gasteiger partial charge in [-0.2, -0.15) is 0 Å². The molecule has 0 aliphatic heterocycles. The van der Waals surface area contributed by atoms with Crippen LogP contribution in [0.5, 0.6) is 5.75 Å². The van der Waals surface area contributed by atoms with Crippen molar-refractivity contribution in [1.29, 1.82) is 0 Å². The summed E-state index contributed by atoms with van der Waals surface area (Å²) in [6, 6.07) is 9.43. The van der Waals surface area contributed by atoms with E-state index in [2.05, 4.69) is 32.2 Å². The van der Waals surface area contributed by atoms with Gasteiger partial charge in [-0.1, -0.05) is 0 Å². The SMILES string of the molecule is COc1ccc(NC(=O)CCn2c(C)ccc2C)cc1-c1nnc(C)o1. The molecule has 0 aliphatic rings. The van der Waals surface area contributed by atoms with Crippen LogP contribution in [0.2, 0.25) is 0 Å². The van der Waals surface area contributed by atoms with Crippen LogP contribution in [0.3, 0.4) is 0 Å². The smallest absolute Gasteiger partial charge is 0.251 e. The molecule has 7 heteroatoms. The summed E-state index contributed by atoms with van der Waals surface area (Å²) in [7, 11) is 1.57. The second kappa shape index (κ2) is 7.43. The summed E-state index contributed by atoms with van der Waals surface area (Å²) in [6.45, 7) is 6.43. The van der Waals surface area contributed by atoms with Gasteiger partial charge in [0.15, 0.2) is 0 Å². The highest BCUT2D eigenvalue weighted by atomic mass is 16.5. The van der Waals surface area contributed by atoms with Crippen molar-refractivity contribution in [3.63, 3.8) is 0 Å². The van der Waals surface area contributed by atoms with Gasteiger partial charge in [-0.05, 0) is 44.2 Å². The molecule has 0 fully saturated rings. The minimum Gasteiger partial charge on any atom is -0.496 e. The molecule has 7 nitrogen and oxygen atoms in total. The van der Waals surface area contributed by atoms with Crippen LogP contribution < -0.4 is 10.1 Å². The molecule has 0 unspecified atom stereocenters. The van der Waals surface area contributed by atoms with E-state index in [9.17, 15) is 4.79 Å². The van der Waals surface area contributed by atoms with Gasteiger partial charge in [-0.25, -0.2) is 0 Å². The third kappa shape index (κ3) is 3.77. The number of carbonyl (C=O) groups is 1. The highest BCUT2D eigenvalue weighted by Crippen LogP contribution is 2.31. The average Bonchev–Trinajstić information content (AvgIpc) is 3.19. The Labute approximate surface area is 152 Å². The average molecular weight is 354 g/mol. The number of nitrogens with zero attached hydrogens (tertiary/aromatic N) is 3. The zero-order chi connectivity index (χ0) is 18.7. The molecule has 2 aromatic heterocycles. The van der Waals surface area contributed by atoms with E-state index in [-0.39, 0.29) is 5.91 Å². The molecular weight excluding hydrogens is 332 g/mol. The van der Waals surface area contributed by atoms with Gasteiger partial charge in [0, 0.05) is 37.0 Å². The van der Waals surface area contributed by atoms with E-state index in [4.69, 9.17) is 9.15 Å². The van der Waals surface area contributed by atoms with Crippen LogP contribution in [0.15, 0.2) is 34.7 Å². The highest BCUT2D eigenvalue weighted by molar-refractivity contribution is 5.91. The third-order valence-corrected chi connectivity index (χ3v) is 4.22. The molecule has 0 radical (unpaired) electrons. The maximum Gasteiger partial charge on any atom is 0.251 e. The van der Waals surface area contributed by atoms with Gasteiger partial charge in [0.1, 0.15) is 5.75 Å². The van der Waals surface area contributed by atoms with E-state index in [1.54, 1.807) is 32.2 Å². The molecule has 26 heavy (non-hydrogen) atoms. The Balaban J connectivity index is 1.72. The number of ether oxygens (including phenoxy) is 1. The van der Waals surface area contributed by atoms with Gasteiger partial charge in [-0.3, -0.25) is 4.79 Å². The molecule has 1 amide bonds. The highest BCUT2D eigenvalue weighted by Gasteiger charge is 2.14. The molecule has 0 bridgehead atoms. The number of carbonyl (C=O) groups excluding carboxylic acids is 1. The molecule has 2 heterocycles. The lowest BCUT2D eigenvalue weighted by molar-refractivity contribution is -0.116. The lowest BCUT2D eigenvalue weighted by Crippen LogP contribution is -2.15. The van der Waals surface area contributed by atoms with Crippen molar-refractivity contribution < 1.29 is 13.9 Å². The lowest BCUT2D eigenvalue weighted by atomic mass is 10.1. The van der Waals surface area contributed by atoms with E-state index >= 15 is 0 Å². The molecule has 1 N–H and O–H groups in total. The van der Waals surface area contributed by atoms with Crippen molar-refractivity contribution in [2.45, 2.75) is 33.7 Å². The number of hydrogen-bond donors (Lipinski definition) is 1. The van der Waals surface area contributed by atoms with Gasteiger partial charge in [-0.15, -0.1) is 10.2 Å². The zero-order valence-corrected chi connectivity index (χ0v) is 15.4. The normalized spacial score (nSPS) is 10.8. The summed E-state index contributed by atoms with van der Waals surface area (Å²) < 4.78 is 12.9. The number of benzene rings is 1. The van der Waals surface area contributed by atoms with Gasteiger partial charge in [0.25, 0.3) is 5.89 Å². The number of amides is 1. The molecule has 0 spiro atoms. The Morgan fingerprint density at radius 1 is 1.15 bits per heavy atom. The lowest BCUT2D eigenvalue weighted by Gasteiger charge is -2.11. The first-order chi connectivity index (χ1) is 12.5. The fourth-order valence-corrected chi connectivity index (χ4v) is 2.85. The van der Waals surface area contributed by atoms with Crippen LogP contribution in [0.25, 0.3) is 11.5 Å². The molecule has 0 aliphatic carbocycles. The van der Waals surface area contributed by atoms with Crippen molar-refractivity contribution in [1.82, 2.24) is 14.8 Å². The fraction of sp³-hybridized carbons (Fsp3) is 0.316. The van der Waals surface area contributed by atoms with Gasteiger partial charge in [0.2, 0.25) is 11.8 Å². The van der Waals surface area contributed by atoms with Crippen LogP contribution in [0.4, 0.5) is 5.69 Å². The summed E-state index contributed by atoms with van der Waals surface area (Å²) in [5.74, 6) is 1.36.